The molecule has 25 heavy (non-hydrogen) atoms. The van der Waals surface area contributed by atoms with Crippen LogP contribution in [0, 0.1) is 5.41 Å². The van der Waals surface area contributed by atoms with Gasteiger partial charge in [-0.1, -0.05) is 20.8 Å². The average molecular weight is 372 g/mol. The summed E-state index contributed by atoms with van der Waals surface area (Å²) in [5, 5.41) is 2.61. The lowest BCUT2D eigenvalue weighted by atomic mass is 9.88. The molecule has 1 amide bonds. The van der Waals surface area contributed by atoms with Crippen molar-refractivity contribution >= 4 is 21.7 Å². The third-order valence-electron chi connectivity index (χ3n) is 3.84. The number of sulfonamides is 1. The minimum atomic E-state index is -3.91. The first-order valence-electron chi connectivity index (χ1n) is 7.99. The number of carbonyl (C=O) groups is 2. The van der Waals surface area contributed by atoms with Crippen LogP contribution in [0.5, 0.6) is 0 Å². The second-order valence-corrected chi connectivity index (χ2v) is 9.08. The highest BCUT2D eigenvalue weighted by atomic mass is 32.2. The number of furan rings is 1. The van der Waals surface area contributed by atoms with E-state index in [9.17, 15) is 18.0 Å². The standard InChI is InChI=1S/C16H24N2O6S/c1-10-14(13(19)9-24-10)17-15(20)12(7-16(2,3)4)18-25(21,22)11-5-6-23-8-11/h5-6,8,10,12,14,18H,7,9H2,1-4H3,(H,17,20)/t10-,12?,14-/m0/s1. The first-order valence-corrected chi connectivity index (χ1v) is 9.47. The predicted octanol–water partition coefficient (Wildman–Crippen LogP) is 0.835. The summed E-state index contributed by atoms with van der Waals surface area (Å²) >= 11 is 0. The van der Waals surface area contributed by atoms with E-state index in [1.165, 1.54) is 12.3 Å². The minimum Gasteiger partial charge on any atom is -0.471 e. The zero-order chi connectivity index (χ0) is 18.8. The van der Waals surface area contributed by atoms with Crippen LogP contribution < -0.4 is 10.0 Å². The number of ether oxygens (including phenoxy) is 1. The quantitative estimate of drug-likeness (QED) is 0.764. The summed E-state index contributed by atoms with van der Waals surface area (Å²) in [4.78, 5) is 24.4. The molecule has 0 saturated carbocycles. The lowest BCUT2D eigenvalue weighted by Crippen LogP contribution is -2.53. The smallest absolute Gasteiger partial charge is 0.244 e. The molecular formula is C16H24N2O6S. The van der Waals surface area contributed by atoms with Gasteiger partial charge >= 0.3 is 0 Å². The van der Waals surface area contributed by atoms with Crippen molar-refractivity contribution in [3.63, 3.8) is 0 Å². The summed E-state index contributed by atoms with van der Waals surface area (Å²) < 4.78 is 37.2. The maximum atomic E-state index is 12.6. The largest absolute Gasteiger partial charge is 0.471 e. The normalized spacial score (nSPS) is 22.8. The highest BCUT2D eigenvalue weighted by Gasteiger charge is 2.37. The molecule has 1 saturated heterocycles. The first kappa shape index (κ1) is 19.6. The molecule has 1 fully saturated rings. The Kier molecular flexibility index (Phi) is 5.70. The molecule has 0 bridgehead atoms. The van der Waals surface area contributed by atoms with Gasteiger partial charge in [0, 0.05) is 0 Å². The van der Waals surface area contributed by atoms with Crippen LogP contribution in [0.2, 0.25) is 0 Å². The van der Waals surface area contributed by atoms with Gasteiger partial charge < -0.3 is 14.5 Å². The molecule has 140 valence electrons. The monoisotopic (exact) mass is 372 g/mol. The minimum absolute atomic E-state index is 0.0587. The van der Waals surface area contributed by atoms with E-state index < -0.39 is 34.1 Å². The van der Waals surface area contributed by atoms with Gasteiger partial charge in [-0.05, 0) is 24.8 Å². The van der Waals surface area contributed by atoms with Gasteiger partial charge in [0.1, 0.15) is 29.8 Å². The molecule has 0 radical (unpaired) electrons. The zero-order valence-electron chi connectivity index (χ0n) is 14.7. The van der Waals surface area contributed by atoms with Crippen molar-refractivity contribution in [2.45, 2.75) is 57.2 Å². The number of Topliss-reactive ketones (excluding diaryl/α,β-unsaturated/α-hetero) is 1. The van der Waals surface area contributed by atoms with E-state index >= 15 is 0 Å². The van der Waals surface area contributed by atoms with Crippen molar-refractivity contribution < 1.29 is 27.2 Å². The molecule has 2 N–H and O–H groups in total. The second-order valence-electron chi connectivity index (χ2n) is 7.37. The number of amides is 1. The molecule has 0 aromatic carbocycles. The summed E-state index contributed by atoms with van der Waals surface area (Å²) in [5.74, 6) is -0.786. The van der Waals surface area contributed by atoms with Crippen LogP contribution in [0.4, 0.5) is 0 Å². The van der Waals surface area contributed by atoms with Crippen molar-refractivity contribution in [2.75, 3.05) is 6.61 Å². The third-order valence-corrected chi connectivity index (χ3v) is 5.29. The van der Waals surface area contributed by atoms with Crippen LogP contribution >= 0.6 is 0 Å². The number of hydrogen-bond donors (Lipinski definition) is 2. The fourth-order valence-electron chi connectivity index (χ4n) is 2.57. The summed E-state index contributed by atoms with van der Waals surface area (Å²) in [6.45, 7) is 7.31. The van der Waals surface area contributed by atoms with Crippen LogP contribution in [-0.2, 0) is 24.3 Å². The highest BCUT2D eigenvalue weighted by molar-refractivity contribution is 7.89. The van der Waals surface area contributed by atoms with E-state index in [4.69, 9.17) is 9.15 Å². The van der Waals surface area contributed by atoms with Gasteiger partial charge in [-0.3, -0.25) is 9.59 Å². The van der Waals surface area contributed by atoms with Crippen LogP contribution in [0.25, 0.3) is 0 Å². The van der Waals surface area contributed by atoms with Crippen molar-refractivity contribution in [1.82, 2.24) is 10.0 Å². The van der Waals surface area contributed by atoms with E-state index in [2.05, 4.69) is 10.0 Å². The van der Waals surface area contributed by atoms with Gasteiger partial charge in [-0.25, -0.2) is 8.42 Å². The van der Waals surface area contributed by atoms with Gasteiger partial charge in [-0.2, -0.15) is 4.72 Å². The molecule has 1 aromatic rings. The lowest BCUT2D eigenvalue weighted by molar-refractivity contribution is -0.127. The number of ketones is 1. The van der Waals surface area contributed by atoms with Crippen LogP contribution in [0.15, 0.2) is 27.9 Å². The number of nitrogens with one attached hydrogen (secondary N) is 2. The Morgan fingerprint density at radius 3 is 2.56 bits per heavy atom. The van der Waals surface area contributed by atoms with Crippen molar-refractivity contribution in [2.24, 2.45) is 5.41 Å². The second kappa shape index (κ2) is 7.27. The van der Waals surface area contributed by atoms with Gasteiger partial charge in [-0.15, -0.1) is 0 Å². The molecule has 2 rings (SSSR count). The highest BCUT2D eigenvalue weighted by Crippen LogP contribution is 2.23. The fourth-order valence-corrected chi connectivity index (χ4v) is 3.69. The third kappa shape index (κ3) is 5.13. The van der Waals surface area contributed by atoms with E-state index in [0.717, 1.165) is 6.26 Å². The Bertz CT molecular complexity index is 720. The molecule has 1 aliphatic heterocycles. The molecule has 8 nitrogen and oxygen atoms in total. The zero-order valence-corrected chi connectivity index (χ0v) is 15.6. The SMILES string of the molecule is C[C@@H]1OCC(=O)[C@H]1NC(=O)C(CC(C)(C)C)NS(=O)(=O)c1ccoc1. The molecule has 2 heterocycles. The van der Waals surface area contributed by atoms with Gasteiger partial charge in [0.25, 0.3) is 0 Å². The van der Waals surface area contributed by atoms with E-state index in [1.807, 2.05) is 20.8 Å². The summed E-state index contributed by atoms with van der Waals surface area (Å²) in [7, 11) is -3.91. The van der Waals surface area contributed by atoms with Crippen molar-refractivity contribution in [1.29, 1.82) is 0 Å². The first-order chi connectivity index (χ1) is 11.5. The predicted molar refractivity (Wildman–Crippen MR) is 89.2 cm³/mol. The lowest BCUT2D eigenvalue weighted by Gasteiger charge is -2.27. The van der Waals surface area contributed by atoms with Gasteiger partial charge in [0.15, 0.2) is 5.78 Å². The molecule has 1 unspecified atom stereocenters. The van der Waals surface area contributed by atoms with Crippen LogP contribution in [0.1, 0.15) is 34.1 Å². The summed E-state index contributed by atoms with van der Waals surface area (Å²) in [6.07, 6.45) is 2.14. The Hall–Kier alpha value is -1.71. The Balaban J connectivity index is 2.18. The van der Waals surface area contributed by atoms with E-state index in [0.29, 0.717) is 0 Å². The molecule has 9 heteroatoms. The Labute approximate surface area is 147 Å². The number of rotatable bonds is 6. The van der Waals surface area contributed by atoms with Crippen molar-refractivity contribution in [3.05, 3.63) is 18.6 Å². The average Bonchev–Trinajstić information content (AvgIpc) is 3.11. The van der Waals surface area contributed by atoms with Crippen molar-refractivity contribution in [3.8, 4) is 0 Å². The van der Waals surface area contributed by atoms with Crippen LogP contribution in [-0.4, -0.2) is 44.9 Å². The van der Waals surface area contributed by atoms with Gasteiger partial charge in [0.05, 0.1) is 12.4 Å². The Morgan fingerprint density at radius 2 is 2.08 bits per heavy atom. The topological polar surface area (TPSA) is 115 Å². The molecule has 1 aliphatic rings. The molecule has 0 spiro atoms. The summed E-state index contributed by atoms with van der Waals surface area (Å²) in [5.41, 5.74) is -0.317. The van der Waals surface area contributed by atoms with E-state index in [1.54, 1.807) is 6.92 Å². The van der Waals surface area contributed by atoms with E-state index in [-0.39, 0.29) is 29.1 Å². The fraction of sp³-hybridized carbons (Fsp3) is 0.625. The summed E-state index contributed by atoms with van der Waals surface area (Å²) in [6, 6.07) is -0.501. The van der Waals surface area contributed by atoms with Gasteiger partial charge in [0.2, 0.25) is 15.9 Å². The number of hydrogen-bond acceptors (Lipinski definition) is 6. The molecule has 0 aliphatic carbocycles. The Morgan fingerprint density at radius 1 is 1.40 bits per heavy atom. The number of carbonyl (C=O) groups excluding carboxylic acids is 2. The molecule has 1 aromatic heterocycles. The molecular weight excluding hydrogens is 348 g/mol. The maximum absolute atomic E-state index is 12.6. The van der Waals surface area contributed by atoms with Crippen LogP contribution in [0.3, 0.4) is 0 Å². The maximum Gasteiger partial charge on any atom is 0.244 e. The molecule has 3 atom stereocenters.